The first-order valence-electron chi connectivity index (χ1n) is 4.90. The smallest absolute Gasteiger partial charge is 0.168 e. The molecule has 1 N–H and O–H groups in total. The van der Waals surface area contributed by atoms with Gasteiger partial charge in [0, 0.05) is 24.4 Å². The van der Waals surface area contributed by atoms with E-state index in [-0.39, 0.29) is 5.78 Å². The fourth-order valence-corrected chi connectivity index (χ4v) is 1.93. The molecule has 1 aromatic rings. The zero-order chi connectivity index (χ0) is 10.0. The maximum absolute atomic E-state index is 11.6. The van der Waals surface area contributed by atoms with Gasteiger partial charge in [0.05, 0.1) is 0 Å². The van der Waals surface area contributed by atoms with Crippen LogP contribution in [0, 0.1) is 0 Å². The second-order valence-electron chi connectivity index (χ2n) is 3.73. The van der Waals surface area contributed by atoms with E-state index in [9.17, 15) is 9.90 Å². The van der Waals surface area contributed by atoms with Crippen molar-refractivity contribution in [3.63, 3.8) is 0 Å². The minimum atomic E-state index is -1.27. The normalized spacial score (nSPS) is 27.6. The van der Waals surface area contributed by atoms with Crippen LogP contribution in [0.3, 0.4) is 0 Å². The van der Waals surface area contributed by atoms with Crippen molar-refractivity contribution < 1.29 is 9.90 Å². The van der Waals surface area contributed by atoms with Crippen molar-refractivity contribution in [2.24, 2.45) is 0 Å². The highest BCUT2D eigenvalue weighted by molar-refractivity contribution is 5.88. The molecule has 0 bridgehead atoms. The summed E-state index contributed by atoms with van der Waals surface area (Å²) < 4.78 is 0. The molecule has 0 spiro atoms. The minimum Gasteiger partial charge on any atom is -0.377 e. The largest absolute Gasteiger partial charge is 0.377 e. The van der Waals surface area contributed by atoms with Crippen LogP contribution in [-0.4, -0.2) is 15.9 Å². The summed E-state index contributed by atoms with van der Waals surface area (Å²) in [4.78, 5) is 15.6. The quantitative estimate of drug-likeness (QED) is 0.730. The Bertz CT molecular complexity index is 336. The average molecular weight is 191 g/mol. The first-order valence-corrected chi connectivity index (χ1v) is 4.90. The predicted octanol–water partition coefficient (Wildman–Crippen LogP) is 1.41. The van der Waals surface area contributed by atoms with E-state index >= 15 is 0 Å². The SMILES string of the molecule is O=C1CCCC[C@]1(O)c1cccnc1. The summed E-state index contributed by atoms with van der Waals surface area (Å²) in [5.41, 5.74) is -0.642. The topological polar surface area (TPSA) is 50.2 Å². The Morgan fingerprint density at radius 2 is 2.29 bits per heavy atom. The number of carbonyl (C=O) groups is 1. The third-order valence-corrected chi connectivity index (χ3v) is 2.79. The van der Waals surface area contributed by atoms with Crippen molar-refractivity contribution in [3.05, 3.63) is 30.1 Å². The molecular formula is C11H13NO2. The molecule has 14 heavy (non-hydrogen) atoms. The van der Waals surface area contributed by atoms with Crippen molar-refractivity contribution >= 4 is 5.78 Å². The van der Waals surface area contributed by atoms with E-state index in [0.717, 1.165) is 12.8 Å². The summed E-state index contributed by atoms with van der Waals surface area (Å²) in [6, 6.07) is 3.51. The number of hydrogen-bond acceptors (Lipinski definition) is 3. The van der Waals surface area contributed by atoms with E-state index in [1.54, 1.807) is 24.5 Å². The van der Waals surface area contributed by atoms with Crippen LogP contribution < -0.4 is 0 Å². The lowest BCUT2D eigenvalue weighted by Crippen LogP contribution is -2.38. The zero-order valence-corrected chi connectivity index (χ0v) is 7.94. The molecule has 3 nitrogen and oxygen atoms in total. The monoisotopic (exact) mass is 191 g/mol. The van der Waals surface area contributed by atoms with Crippen LogP contribution in [0.2, 0.25) is 0 Å². The van der Waals surface area contributed by atoms with Crippen LogP contribution in [0.1, 0.15) is 31.2 Å². The highest BCUT2D eigenvalue weighted by Crippen LogP contribution is 2.33. The molecule has 1 heterocycles. The summed E-state index contributed by atoms with van der Waals surface area (Å²) in [7, 11) is 0. The third kappa shape index (κ3) is 1.44. The average Bonchev–Trinajstić information content (AvgIpc) is 2.24. The molecule has 1 aliphatic rings. The maximum atomic E-state index is 11.6. The van der Waals surface area contributed by atoms with Gasteiger partial charge in [0.1, 0.15) is 5.60 Å². The molecule has 1 atom stereocenters. The van der Waals surface area contributed by atoms with Gasteiger partial charge in [0.25, 0.3) is 0 Å². The first-order chi connectivity index (χ1) is 6.73. The molecule has 0 amide bonds. The number of Topliss-reactive ketones (excluding diaryl/α,β-unsaturated/α-hetero) is 1. The minimum absolute atomic E-state index is 0.0725. The van der Waals surface area contributed by atoms with Crippen molar-refractivity contribution in [2.45, 2.75) is 31.3 Å². The predicted molar refractivity (Wildman–Crippen MR) is 51.6 cm³/mol. The van der Waals surface area contributed by atoms with Gasteiger partial charge in [-0.2, -0.15) is 0 Å². The van der Waals surface area contributed by atoms with Crippen LogP contribution in [0.15, 0.2) is 24.5 Å². The number of ketones is 1. The Hall–Kier alpha value is -1.22. The fourth-order valence-electron chi connectivity index (χ4n) is 1.93. The van der Waals surface area contributed by atoms with Gasteiger partial charge in [-0.3, -0.25) is 9.78 Å². The van der Waals surface area contributed by atoms with Gasteiger partial charge >= 0.3 is 0 Å². The van der Waals surface area contributed by atoms with E-state index in [2.05, 4.69) is 4.98 Å². The van der Waals surface area contributed by atoms with E-state index < -0.39 is 5.60 Å². The highest BCUT2D eigenvalue weighted by Gasteiger charge is 2.39. The first kappa shape index (κ1) is 9.34. The van der Waals surface area contributed by atoms with Crippen molar-refractivity contribution in [1.82, 2.24) is 4.98 Å². The van der Waals surface area contributed by atoms with Gasteiger partial charge in [-0.25, -0.2) is 0 Å². The molecule has 1 aliphatic carbocycles. The Morgan fingerprint density at radius 3 is 2.93 bits per heavy atom. The second kappa shape index (κ2) is 3.50. The summed E-state index contributed by atoms with van der Waals surface area (Å²) >= 11 is 0. The highest BCUT2D eigenvalue weighted by atomic mass is 16.3. The summed E-state index contributed by atoms with van der Waals surface area (Å²) in [6.07, 6.45) is 6.00. The van der Waals surface area contributed by atoms with Gasteiger partial charge in [-0.1, -0.05) is 6.07 Å². The Balaban J connectivity index is 2.35. The molecule has 0 aromatic carbocycles. The lowest BCUT2D eigenvalue weighted by atomic mass is 9.79. The summed E-state index contributed by atoms with van der Waals surface area (Å²) in [5.74, 6) is -0.0725. The van der Waals surface area contributed by atoms with Crippen molar-refractivity contribution in [1.29, 1.82) is 0 Å². The molecule has 1 aromatic heterocycles. The Morgan fingerprint density at radius 1 is 1.43 bits per heavy atom. The van der Waals surface area contributed by atoms with E-state index in [0.29, 0.717) is 18.4 Å². The number of carbonyl (C=O) groups excluding carboxylic acids is 1. The summed E-state index contributed by atoms with van der Waals surface area (Å²) in [5, 5.41) is 10.2. The molecule has 0 saturated heterocycles. The molecular weight excluding hydrogens is 178 g/mol. The van der Waals surface area contributed by atoms with E-state index in [4.69, 9.17) is 0 Å². The third-order valence-electron chi connectivity index (χ3n) is 2.79. The van der Waals surface area contributed by atoms with Crippen LogP contribution in [0.4, 0.5) is 0 Å². The number of pyridine rings is 1. The number of aromatic nitrogens is 1. The van der Waals surface area contributed by atoms with Crippen LogP contribution in [0.25, 0.3) is 0 Å². The molecule has 0 unspecified atom stereocenters. The van der Waals surface area contributed by atoms with Crippen molar-refractivity contribution in [2.75, 3.05) is 0 Å². The molecule has 2 rings (SSSR count). The van der Waals surface area contributed by atoms with Gasteiger partial charge in [-0.15, -0.1) is 0 Å². The van der Waals surface area contributed by atoms with Gasteiger partial charge in [0.2, 0.25) is 0 Å². The zero-order valence-electron chi connectivity index (χ0n) is 7.94. The molecule has 74 valence electrons. The van der Waals surface area contributed by atoms with E-state index in [1.807, 2.05) is 0 Å². The molecule has 1 saturated carbocycles. The fraction of sp³-hybridized carbons (Fsp3) is 0.455. The molecule has 0 aliphatic heterocycles. The lowest BCUT2D eigenvalue weighted by molar-refractivity contribution is -0.142. The van der Waals surface area contributed by atoms with Gasteiger partial charge in [-0.05, 0) is 25.3 Å². The number of hydrogen-bond donors (Lipinski definition) is 1. The maximum Gasteiger partial charge on any atom is 0.168 e. The Labute approximate surface area is 82.8 Å². The van der Waals surface area contributed by atoms with Crippen LogP contribution in [0.5, 0.6) is 0 Å². The number of nitrogens with zero attached hydrogens (tertiary/aromatic N) is 1. The van der Waals surface area contributed by atoms with Crippen LogP contribution >= 0.6 is 0 Å². The summed E-state index contributed by atoms with van der Waals surface area (Å²) in [6.45, 7) is 0. The van der Waals surface area contributed by atoms with Gasteiger partial charge < -0.3 is 5.11 Å². The van der Waals surface area contributed by atoms with Gasteiger partial charge in [0.15, 0.2) is 5.78 Å². The molecule has 0 radical (unpaired) electrons. The second-order valence-corrected chi connectivity index (χ2v) is 3.73. The number of aliphatic hydroxyl groups is 1. The molecule has 3 heteroatoms. The lowest BCUT2D eigenvalue weighted by Gasteiger charge is -2.30. The standard InChI is InChI=1S/C11H13NO2/c13-10-5-1-2-6-11(10,14)9-4-3-7-12-8-9/h3-4,7-8,14H,1-2,5-6H2/t11-/m0/s1. The number of rotatable bonds is 1. The van der Waals surface area contributed by atoms with Crippen molar-refractivity contribution in [3.8, 4) is 0 Å². The van der Waals surface area contributed by atoms with Crippen LogP contribution in [-0.2, 0) is 10.4 Å². The van der Waals surface area contributed by atoms with E-state index in [1.165, 1.54) is 0 Å². The Kier molecular flexibility index (Phi) is 2.33. The molecule has 1 fully saturated rings.